The largest absolute Gasteiger partial charge is 0.381 e. The number of aromatic nitrogens is 1. The van der Waals surface area contributed by atoms with E-state index < -0.39 is 0 Å². The normalized spacial score (nSPS) is 16.0. The van der Waals surface area contributed by atoms with Gasteiger partial charge >= 0.3 is 0 Å². The lowest BCUT2D eigenvalue weighted by molar-refractivity contribution is 0.0463. The van der Waals surface area contributed by atoms with Gasteiger partial charge in [-0.05, 0) is 37.8 Å². The van der Waals surface area contributed by atoms with Gasteiger partial charge in [0.05, 0.1) is 10.5 Å². The van der Waals surface area contributed by atoms with Crippen molar-refractivity contribution in [1.82, 2.24) is 9.47 Å². The van der Waals surface area contributed by atoms with Crippen molar-refractivity contribution in [3.63, 3.8) is 0 Å². The number of halogens is 1. The van der Waals surface area contributed by atoms with Crippen LogP contribution in [0.4, 0.5) is 0 Å². The predicted molar refractivity (Wildman–Crippen MR) is 93.0 cm³/mol. The molecule has 0 aliphatic carbocycles. The summed E-state index contributed by atoms with van der Waals surface area (Å²) < 4.78 is 7.32. The predicted octanol–water partition coefficient (Wildman–Crippen LogP) is 3.72. The second kappa shape index (κ2) is 6.93. The van der Waals surface area contributed by atoms with Crippen molar-refractivity contribution in [2.75, 3.05) is 26.3 Å². The third kappa shape index (κ3) is 3.24. The van der Waals surface area contributed by atoms with Crippen molar-refractivity contribution in [3.8, 4) is 0 Å². The standard InChI is InChI=1S/C18H23ClN2O2/c1-3-21(12-13-7-9-23-10-8-13)18(22)16-11-14-5-4-6-15(19)17(14)20(16)2/h4-6,11,13H,3,7-10,12H2,1-2H3. The number of hydrogen-bond acceptors (Lipinski definition) is 2. The Balaban J connectivity index is 1.85. The first-order valence-electron chi connectivity index (χ1n) is 8.22. The van der Waals surface area contributed by atoms with Crippen molar-refractivity contribution in [2.45, 2.75) is 19.8 Å². The number of ether oxygens (including phenoxy) is 1. The number of rotatable bonds is 4. The Morgan fingerprint density at radius 1 is 1.39 bits per heavy atom. The fourth-order valence-electron chi connectivity index (χ4n) is 3.33. The minimum atomic E-state index is 0.0776. The molecular formula is C18H23ClN2O2. The number of carbonyl (C=O) groups excluding carboxylic acids is 1. The van der Waals surface area contributed by atoms with Gasteiger partial charge in [-0.25, -0.2) is 0 Å². The lowest BCUT2D eigenvalue weighted by Crippen LogP contribution is -2.37. The number of hydrogen-bond donors (Lipinski definition) is 0. The lowest BCUT2D eigenvalue weighted by atomic mass is 9.99. The molecule has 5 heteroatoms. The molecule has 0 spiro atoms. The molecule has 2 heterocycles. The van der Waals surface area contributed by atoms with E-state index in [0.717, 1.165) is 43.5 Å². The molecule has 23 heavy (non-hydrogen) atoms. The summed E-state index contributed by atoms with van der Waals surface area (Å²) in [6.07, 6.45) is 2.06. The molecule has 1 saturated heterocycles. The summed E-state index contributed by atoms with van der Waals surface area (Å²) in [5, 5.41) is 1.68. The van der Waals surface area contributed by atoms with E-state index in [-0.39, 0.29) is 5.91 Å². The molecule has 124 valence electrons. The highest BCUT2D eigenvalue weighted by Crippen LogP contribution is 2.27. The Morgan fingerprint density at radius 2 is 2.13 bits per heavy atom. The number of benzene rings is 1. The van der Waals surface area contributed by atoms with Gasteiger partial charge in [-0.15, -0.1) is 0 Å². The summed E-state index contributed by atoms with van der Waals surface area (Å²) in [5.74, 6) is 0.611. The second-order valence-electron chi connectivity index (χ2n) is 6.17. The van der Waals surface area contributed by atoms with Crippen LogP contribution in [0.5, 0.6) is 0 Å². The molecule has 1 fully saturated rings. The van der Waals surface area contributed by atoms with E-state index >= 15 is 0 Å². The Hall–Kier alpha value is -1.52. The zero-order valence-electron chi connectivity index (χ0n) is 13.7. The van der Waals surface area contributed by atoms with Gasteiger partial charge in [0, 0.05) is 38.7 Å². The fourth-order valence-corrected chi connectivity index (χ4v) is 3.64. The van der Waals surface area contributed by atoms with Gasteiger partial charge < -0.3 is 14.2 Å². The van der Waals surface area contributed by atoms with Crippen molar-refractivity contribution >= 4 is 28.4 Å². The van der Waals surface area contributed by atoms with Crippen molar-refractivity contribution in [3.05, 3.63) is 35.0 Å². The number of nitrogens with zero attached hydrogens (tertiary/aromatic N) is 2. The first-order valence-corrected chi connectivity index (χ1v) is 8.60. The van der Waals surface area contributed by atoms with Crippen LogP contribution in [0.15, 0.2) is 24.3 Å². The number of aryl methyl sites for hydroxylation is 1. The third-order valence-corrected chi connectivity index (χ3v) is 5.02. The van der Waals surface area contributed by atoms with E-state index in [2.05, 4.69) is 0 Å². The van der Waals surface area contributed by atoms with Gasteiger partial charge in [0.2, 0.25) is 0 Å². The van der Waals surface area contributed by atoms with Crippen molar-refractivity contribution in [2.24, 2.45) is 13.0 Å². The van der Waals surface area contributed by atoms with E-state index in [4.69, 9.17) is 16.3 Å². The molecule has 2 aromatic rings. The minimum Gasteiger partial charge on any atom is -0.381 e. The van der Waals surface area contributed by atoms with Crippen LogP contribution in [-0.4, -0.2) is 41.7 Å². The van der Waals surface area contributed by atoms with Gasteiger partial charge in [-0.1, -0.05) is 23.7 Å². The van der Waals surface area contributed by atoms with Gasteiger partial charge in [-0.2, -0.15) is 0 Å². The molecule has 0 N–H and O–H groups in total. The Labute approximate surface area is 142 Å². The molecule has 1 amide bonds. The number of fused-ring (bicyclic) bond motifs is 1. The van der Waals surface area contributed by atoms with Crippen molar-refractivity contribution < 1.29 is 9.53 Å². The second-order valence-corrected chi connectivity index (χ2v) is 6.57. The summed E-state index contributed by atoms with van der Waals surface area (Å²) in [4.78, 5) is 14.9. The molecule has 0 saturated carbocycles. The van der Waals surface area contributed by atoms with Crippen LogP contribution in [0.3, 0.4) is 0 Å². The van der Waals surface area contributed by atoms with E-state index in [1.807, 2.05) is 47.7 Å². The number of para-hydroxylation sites is 1. The van der Waals surface area contributed by atoms with Crippen LogP contribution < -0.4 is 0 Å². The third-order valence-electron chi connectivity index (χ3n) is 4.71. The Bertz CT molecular complexity index is 704. The highest BCUT2D eigenvalue weighted by atomic mass is 35.5. The zero-order chi connectivity index (χ0) is 16.4. The van der Waals surface area contributed by atoms with Crippen LogP contribution in [0, 0.1) is 5.92 Å². The molecule has 0 unspecified atom stereocenters. The summed E-state index contributed by atoms with van der Waals surface area (Å²) in [7, 11) is 1.91. The molecule has 1 aliphatic heterocycles. The topological polar surface area (TPSA) is 34.5 Å². The fraction of sp³-hybridized carbons (Fsp3) is 0.500. The highest BCUT2D eigenvalue weighted by Gasteiger charge is 2.23. The summed E-state index contributed by atoms with van der Waals surface area (Å²) in [6, 6.07) is 7.71. The number of amides is 1. The molecule has 0 atom stereocenters. The molecule has 0 radical (unpaired) electrons. The molecule has 1 aromatic heterocycles. The van der Waals surface area contributed by atoms with Gasteiger partial charge in [0.1, 0.15) is 5.69 Å². The first-order chi connectivity index (χ1) is 11.1. The van der Waals surface area contributed by atoms with Gasteiger partial charge in [0.25, 0.3) is 5.91 Å². The maximum absolute atomic E-state index is 13.0. The SMILES string of the molecule is CCN(CC1CCOCC1)C(=O)c1cc2cccc(Cl)c2n1C. The first kappa shape index (κ1) is 16.3. The van der Waals surface area contributed by atoms with E-state index in [0.29, 0.717) is 23.2 Å². The monoisotopic (exact) mass is 334 g/mol. The zero-order valence-corrected chi connectivity index (χ0v) is 14.5. The van der Waals surface area contributed by atoms with Gasteiger partial charge in [-0.3, -0.25) is 4.79 Å². The van der Waals surface area contributed by atoms with Crippen LogP contribution in [0.2, 0.25) is 5.02 Å². The maximum Gasteiger partial charge on any atom is 0.270 e. The summed E-state index contributed by atoms with van der Waals surface area (Å²) in [6.45, 7) is 5.16. The van der Waals surface area contributed by atoms with Crippen LogP contribution >= 0.6 is 11.6 Å². The molecule has 1 aliphatic rings. The average molecular weight is 335 g/mol. The molecule has 1 aromatic carbocycles. The van der Waals surface area contributed by atoms with Crippen LogP contribution in [0.1, 0.15) is 30.3 Å². The molecule has 3 rings (SSSR count). The van der Waals surface area contributed by atoms with E-state index in [1.54, 1.807) is 0 Å². The summed E-state index contributed by atoms with van der Waals surface area (Å²) in [5.41, 5.74) is 1.61. The smallest absolute Gasteiger partial charge is 0.270 e. The minimum absolute atomic E-state index is 0.0776. The Morgan fingerprint density at radius 3 is 2.78 bits per heavy atom. The molecule has 0 bridgehead atoms. The van der Waals surface area contributed by atoms with Gasteiger partial charge in [0.15, 0.2) is 0 Å². The van der Waals surface area contributed by atoms with E-state index in [9.17, 15) is 4.79 Å². The maximum atomic E-state index is 13.0. The summed E-state index contributed by atoms with van der Waals surface area (Å²) >= 11 is 6.29. The van der Waals surface area contributed by atoms with E-state index in [1.165, 1.54) is 0 Å². The van der Waals surface area contributed by atoms with Crippen molar-refractivity contribution in [1.29, 1.82) is 0 Å². The van der Waals surface area contributed by atoms with Crippen LogP contribution in [-0.2, 0) is 11.8 Å². The molecular weight excluding hydrogens is 312 g/mol. The van der Waals surface area contributed by atoms with Crippen LogP contribution in [0.25, 0.3) is 10.9 Å². The number of carbonyl (C=O) groups is 1. The quantitative estimate of drug-likeness (QED) is 0.854. The Kier molecular flexibility index (Phi) is 4.93. The average Bonchev–Trinajstić information content (AvgIpc) is 2.91. The highest BCUT2D eigenvalue weighted by molar-refractivity contribution is 6.35. The molecule has 4 nitrogen and oxygen atoms in total. The lowest BCUT2D eigenvalue weighted by Gasteiger charge is -2.29.